The third-order valence-electron chi connectivity index (χ3n) is 3.59. The van der Waals surface area contributed by atoms with Crippen LogP contribution in [0, 0.1) is 0 Å². The number of aromatic nitrogens is 3. The molecule has 20 heavy (non-hydrogen) atoms. The number of hydrogen-bond donors (Lipinski definition) is 2. The van der Waals surface area contributed by atoms with Gasteiger partial charge in [-0.15, -0.1) is 0 Å². The van der Waals surface area contributed by atoms with Crippen LogP contribution in [0.2, 0.25) is 0 Å². The van der Waals surface area contributed by atoms with Crippen molar-refractivity contribution in [3.05, 3.63) is 53.5 Å². The van der Waals surface area contributed by atoms with Crippen molar-refractivity contribution in [3.63, 3.8) is 0 Å². The maximum Gasteiger partial charge on any atom is 0.0666 e. The Balaban J connectivity index is 1.64. The van der Waals surface area contributed by atoms with Crippen LogP contribution in [0.1, 0.15) is 23.7 Å². The number of nitrogens with zero attached hydrogens (tertiary/aromatic N) is 2. The summed E-state index contributed by atoms with van der Waals surface area (Å²) in [5.41, 5.74) is 4.96. The molecule has 0 amide bonds. The average Bonchev–Trinajstić information content (AvgIpc) is 3.04. The molecular weight excluding hydrogens is 248 g/mol. The Morgan fingerprint density at radius 1 is 1.25 bits per heavy atom. The largest absolute Gasteiger partial charge is 0.361 e. The highest BCUT2D eigenvalue weighted by Gasteiger charge is 2.05. The van der Waals surface area contributed by atoms with E-state index in [2.05, 4.69) is 52.8 Å². The van der Waals surface area contributed by atoms with E-state index in [1.807, 2.05) is 17.9 Å². The van der Waals surface area contributed by atoms with E-state index in [4.69, 9.17) is 0 Å². The highest BCUT2D eigenvalue weighted by atomic mass is 15.3. The van der Waals surface area contributed by atoms with E-state index in [0.29, 0.717) is 0 Å². The molecule has 0 aliphatic heterocycles. The molecule has 0 saturated heterocycles. The third kappa shape index (κ3) is 2.60. The molecule has 0 aliphatic rings. The summed E-state index contributed by atoms with van der Waals surface area (Å²) >= 11 is 0. The number of nitrogens with one attached hydrogen (secondary N) is 2. The first kappa shape index (κ1) is 12.9. The van der Waals surface area contributed by atoms with Gasteiger partial charge in [0, 0.05) is 43.6 Å². The van der Waals surface area contributed by atoms with Gasteiger partial charge in [-0.3, -0.25) is 4.68 Å². The van der Waals surface area contributed by atoms with E-state index in [1.54, 1.807) is 0 Å². The monoisotopic (exact) mass is 268 g/mol. The first-order valence-corrected chi connectivity index (χ1v) is 7.04. The van der Waals surface area contributed by atoms with E-state index in [1.165, 1.54) is 27.7 Å². The molecule has 0 atom stereocenters. The Labute approximate surface area is 118 Å². The molecule has 3 aromatic rings. The van der Waals surface area contributed by atoms with E-state index < -0.39 is 0 Å². The summed E-state index contributed by atoms with van der Waals surface area (Å²) in [7, 11) is 1.97. The number of fused-ring (bicyclic) bond motifs is 1. The molecule has 0 aliphatic carbocycles. The Bertz CT molecular complexity index is 708. The molecule has 0 saturated carbocycles. The predicted octanol–water partition coefficient (Wildman–Crippen LogP) is 2.75. The van der Waals surface area contributed by atoms with Crippen LogP contribution >= 0.6 is 0 Å². The summed E-state index contributed by atoms with van der Waals surface area (Å²) < 4.78 is 1.89. The van der Waals surface area contributed by atoms with Crippen molar-refractivity contribution in [2.45, 2.75) is 26.4 Å². The highest BCUT2D eigenvalue weighted by Crippen LogP contribution is 2.14. The zero-order chi connectivity index (χ0) is 13.9. The molecule has 4 nitrogen and oxygen atoms in total. The minimum absolute atomic E-state index is 0.861. The van der Waals surface area contributed by atoms with Gasteiger partial charge >= 0.3 is 0 Å². The molecule has 2 aromatic heterocycles. The fraction of sp³-hybridized carbons (Fsp3) is 0.312. The molecule has 104 valence electrons. The van der Waals surface area contributed by atoms with Crippen LogP contribution in [0.25, 0.3) is 10.9 Å². The van der Waals surface area contributed by atoms with E-state index in [0.717, 1.165) is 19.5 Å². The number of rotatable bonds is 5. The summed E-state index contributed by atoms with van der Waals surface area (Å²) in [5, 5.41) is 9.21. The minimum Gasteiger partial charge on any atom is -0.361 e. The SMILES string of the molecule is CCc1nn(C)cc1CNCc1ccc2cc[nH]c2c1. The average molecular weight is 268 g/mol. The molecule has 3 rings (SSSR count). The topological polar surface area (TPSA) is 45.6 Å². The Morgan fingerprint density at radius 3 is 3.00 bits per heavy atom. The van der Waals surface area contributed by atoms with E-state index in [9.17, 15) is 0 Å². The van der Waals surface area contributed by atoms with Gasteiger partial charge in [-0.05, 0) is 29.5 Å². The van der Waals surface area contributed by atoms with E-state index in [-0.39, 0.29) is 0 Å². The Hall–Kier alpha value is -2.07. The van der Waals surface area contributed by atoms with Gasteiger partial charge in [-0.2, -0.15) is 5.10 Å². The lowest BCUT2D eigenvalue weighted by atomic mass is 10.1. The maximum absolute atomic E-state index is 4.46. The van der Waals surface area contributed by atoms with Gasteiger partial charge < -0.3 is 10.3 Å². The second-order valence-corrected chi connectivity index (χ2v) is 5.13. The zero-order valence-electron chi connectivity index (χ0n) is 12.0. The molecule has 2 N–H and O–H groups in total. The number of aromatic amines is 1. The molecule has 2 heterocycles. The first-order chi connectivity index (χ1) is 9.76. The fourth-order valence-corrected chi connectivity index (χ4v) is 2.58. The molecule has 0 radical (unpaired) electrons. The van der Waals surface area contributed by atoms with Gasteiger partial charge in [0.25, 0.3) is 0 Å². The molecule has 4 heteroatoms. The van der Waals surface area contributed by atoms with Crippen molar-refractivity contribution >= 4 is 10.9 Å². The van der Waals surface area contributed by atoms with Crippen molar-refractivity contribution in [1.82, 2.24) is 20.1 Å². The van der Waals surface area contributed by atoms with Crippen LogP contribution in [0.5, 0.6) is 0 Å². The van der Waals surface area contributed by atoms with Crippen LogP contribution in [-0.2, 0) is 26.6 Å². The first-order valence-electron chi connectivity index (χ1n) is 7.04. The van der Waals surface area contributed by atoms with Crippen molar-refractivity contribution in [2.75, 3.05) is 0 Å². The molecule has 0 bridgehead atoms. The predicted molar refractivity (Wildman–Crippen MR) is 81.4 cm³/mol. The number of benzene rings is 1. The lowest BCUT2D eigenvalue weighted by Gasteiger charge is -2.05. The molecule has 0 fully saturated rings. The lowest BCUT2D eigenvalue weighted by Crippen LogP contribution is -2.13. The van der Waals surface area contributed by atoms with Crippen LogP contribution in [0.4, 0.5) is 0 Å². The number of hydrogen-bond acceptors (Lipinski definition) is 2. The number of aryl methyl sites for hydroxylation is 2. The normalized spacial score (nSPS) is 11.3. The third-order valence-corrected chi connectivity index (χ3v) is 3.59. The van der Waals surface area contributed by atoms with Gasteiger partial charge in [-0.25, -0.2) is 0 Å². The quantitative estimate of drug-likeness (QED) is 0.747. The summed E-state index contributed by atoms with van der Waals surface area (Å²) in [4.78, 5) is 3.25. The second kappa shape index (κ2) is 5.51. The van der Waals surface area contributed by atoms with Crippen LogP contribution in [-0.4, -0.2) is 14.8 Å². The van der Waals surface area contributed by atoms with Crippen molar-refractivity contribution in [1.29, 1.82) is 0 Å². The zero-order valence-corrected chi connectivity index (χ0v) is 12.0. The molecule has 1 aromatic carbocycles. The van der Waals surface area contributed by atoms with Crippen LogP contribution in [0.3, 0.4) is 0 Å². The van der Waals surface area contributed by atoms with Crippen LogP contribution in [0.15, 0.2) is 36.7 Å². The Morgan fingerprint density at radius 2 is 2.15 bits per heavy atom. The molecular formula is C16H20N4. The van der Waals surface area contributed by atoms with Crippen molar-refractivity contribution < 1.29 is 0 Å². The highest BCUT2D eigenvalue weighted by molar-refractivity contribution is 5.79. The van der Waals surface area contributed by atoms with Crippen molar-refractivity contribution in [3.8, 4) is 0 Å². The summed E-state index contributed by atoms with van der Waals surface area (Å²) in [6.07, 6.45) is 5.05. The Kier molecular flexibility index (Phi) is 3.56. The van der Waals surface area contributed by atoms with Crippen molar-refractivity contribution in [2.24, 2.45) is 7.05 Å². The minimum atomic E-state index is 0.861. The molecule has 0 unspecified atom stereocenters. The maximum atomic E-state index is 4.46. The lowest BCUT2D eigenvalue weighted by molar-refractivity contribution is 0.688. The summed E-state index contributed by atoms with van der Waals surface area (Å²) in [6.45, 7) is 3.87. The molecule has 0 spiro atoms. The fourth-order valence-electron chi connectivity index (χ4n) is 2.58. The summed E-state index contributed by atoms with van der Waals surface area (Å²) in [6, 6.07) is 8.62. The van der Waals surface area contributed by atoms with Gasteiger partial charge in [-0.1, -0.05) is 19.1 Å². The van der Waals surface area contributed by atoms with Crippen LogP contribution < -0.4 is 5.32 Å². The van der Waals surface area contributed by atoms with Gasteiger partial charge in [0.1, 0.15) is 0 Å². The standard InChI is InChI=1S/C16H20N4/c1-3-15-14(11-20(2)19-15)10-17-9-12-4-5-13-6-7-18-16(13)8-12/h4-8,11,17-18H,3,9-10H2,1-2H3. The smallest absolute Gasteiger partial charge is 0.0666 e. The summed E-state index contributed by atoms with van der Waals surface area (Å²) in [5.74, 6) is 0. The number of H-pyrrole nitrogens is 1. The van der Waals surface area contributed by atoms with Gasteiger partial charge in [0.05, 0.1) is 5.69 Å². The van der Waals surface area contributed by atoms with Gasteiger partial charge in [0.15, 0.2) is 0 Å². The van der Waals surface area contributed by atoms with E-state index >= 15 is 0 Å². The van der Waals surface area contributed by atoms with Gasteiger partial charge in [0.2, 0.25) is 0 Å². The second-order valence-electron chi connectivity index (χ2n) is 5.13.